The molecule has 0 rings (SSSR count). The molecule has 2 nitrogen and oxygen atoms in total. The molecule has 0 bridgehead atoms. The van der Waals surface area contributed by atoms with Gasteiger partial charge in [0.25, 0.3) is 0 Å². The van der Waals surface area contributed by atoms with Crippen molar-refractivity contribution in [1.29, 1.82) is 0 Å². The second-order valence-corrected chi connectivity index (χ2v) is 6.15. The summed E-state index contributed by atoms with van der Waals surface area (Å²) in [7, 11) is 0. The number of carboxylic acids is 1. The van der Waals surface area contributed by atoms with Crippen LogP contribution in [0.15, 0.2) is 0 Å². The number of unbranched alkanes of at least 4 members (excludes halogenated alkanes) is 10. The van der Waals surface area contributed by atoms with Crippen LogP contribution >= 0.6 is 0 Å². The van der Waals surface area contributed by atoms with Crippen LogP contribution in [0.25, 0.3) is 0 Å². The predicted octanol–water partition coefficient (Wildman–Crippen LogP) is 6.19. The third-order valence-corrected chi connectivity index (χ3v) is 4.16. The van der Waals surface area contributed by atoms with Crippen LogP contribution in [0.5, 0.6) is 0 Å². The SMILES string of the molecule is CCCCCCCCCCCC(CCCCC)C(=O)O. The molecule has 0 aromatic heterocycles. The summed E-state index contributed by atoms with van der Waals surface area (Å²) in [5.74, 6) is -0.674. The second kappa shape index (κ2) is 14.9. The van der Waals surface area contributed by atoms with Gasteiger partial charge in [0.2, 0.25) is 0 Å². The summed E-state index contributed by atoms with van der Waals surface area (Å²) >= 11 is 0. The first-order valence-corrected chi connectivity index (χ1v) is 8.95. The van der Waals surface area contributed by atoms with E-state index in [1.807, 2.05) is 0 Å². The molecule has 20 heavy (non-hydrogen) atoms. The van der Waals surface area contributed by atoms with Crippen LogP contribution in [0.2, 0.25) is 0 Å². The maximum Gasteiger partial charge on any atom is 0.306 e. The molecule has 0 saturated carbocycles. The standard InChI is InChI=1S/C18H36O2/c1-3-5-7-8-9-10-11-12-14-16-17(18(19)20)15-13-6-4-2/h17H,3-16H2,1-2H3,(H,19,20). The minimum atomic E-state index is -0.583. The molecule has 1 atom stereocenters. The molecule has 0 amide bonds. The Labute approximate surface area is 126 Å². The van der Waals surface area contributed by atoms with Gasteiger partial charge in [-0.1, -0.05) is 90.9 Å². The molecule has 1 unspecified atom stereocenters. The molecule has 0 aliphatic heterocycles. The van der Waals surface area contributed by atoms with Crippen molar-refractivity contribution >= 4 is 5.97 Å². The van der Waals surface area contributed by atoms with Crippen LogP contribution < -0.4 is 0 Å². The van der Waals surface area contributed by atoms with Gasteiger partial charge < -0.3 is 5.11 Å². The number of carboxylic acid groups (broad SMARTS) is 1. The Hall–Kier alpha value is -0.530. The van der Waals surface area contributed by atoms with Crippen LogP contribution in [0.4, 0.5) is 0 Å². The van der Waals surface area contributed by atoms with Crippen molar-refractivity contribution in [3.05, 3.63) is 0 Å². The highest BCUT2D eigenvalue weighted by molar-refractivity contribution is 5.69. The Balaban J connectivity index is 3.42. The van der Waals surface area contributed by atoms with Gasteiger partial charge in [0.05, 0.1) is 5.92 Å². The summed E-state index contributed by atoms with van der Waals surface area (Å²) in [5.41, 5.74) is 0. The highest BCUT2D eigenvalue weighted by Gasteiger charge is 2.15. The summed E-state index contributed by atoms with van der Waals surface area (Å²) in [6.45, 7) is 4.41. The first kappa shape index (κ1) is 19.5. The summed E-state index contributed by atoms with van der Waals surface area (Å²) in [6, 6.07) is 0. The molecule has 0 aromatic rings. The van der Waals surface area contributed by atoms with Crippen LogP contribution in [0, 0.1) is 5.92 Å². The van der Waals surface area contributed by atoms with Crippen molar-refractivity contribution in [3.63, 3.8) is 0 Å². The number of aliphatic carboxylic acids is 1. The zero-order valence-corrected chi connectivity index (χ0v) is 13.8. The molecule has 0 spiro atoms. The van der Waals surface area contributed by atoms with Gasteiger partial charge in [-0.3, -0.25) is 4.79 Å². The van der Waals surface area contributed by atoms with E-state index in [0.29, 0.717) is 0 Å². The number of hydrogen-bond acceptors (Lipinski definition) is 1. The number of hydrogen-bond donors (Lipinski definition) is 1. The molecule has 0 radical (unpaired) electrons. The fourth-order valence-electron chi connectivity index (χ4n) is 2.73. The monoisotopic (exact) mass is 284 g/mol. The Morgan fingerprint density at radius 1 is 0.700 bits per heavy atom. The molecule has 0 heterocycles. The molecule has 1 N–H and O–H groups in total. The second-order valence-electron chi connectivity index (χ2n) is 6.15. The van der Waals surface area contributed by atoms with Crippen molar-refractivity contribution in [3.8, 4) is 0 Å². The van der Waals surface area contributed by atoms with E-state index in [9.17, 15) is 9.90 Å². The lowest BCUT2D eigenvalue weighted by Gasteiger charge is -2.11. The molecular formula is C18H36O2. The molecule has 0 aliphatic rings. The van der Waals surface area contributed by atoms with Crippen LogP contribution in [0.1, 0.15) is 104 Å². The predicted molar refractivity (Wildman–Crippen MR) is 87.1 cm³/mol. The van der Waals surface area contributed by atoms with E-state index in [2.05, 4.69) is 13.8 Å². The zero-order valence-electron chi connectivity index (χ0n) is 13.8. The average Bonchev–Trinajstić information content (AvgIpc) is 2.43. The molecule has 0 aliphatic carbocycles. The van der Waals surface area contributed by atoms with Gasteiger partial charge >= 0.3 is 5.97 Å². The molecule has 0 aromatic carbocycles. The summed E-state index contributed by atoms with van der Waals surface area (Å²) in [6.07, 6.45) is 16.9. The normalized spacial score (nSPS) is 12.5. The minimum absolute atomic E-state index is 0.0916. The molecule has 2 heteroatoms. The van der Waals surface area contributed by atoms with E-state index in [1.54, 1.807) is 0 Å². The minimum Gasteiger partial charge on any atom is -0.481 e. The smallest absolute Gasteiger partial charge is 0.306 e. The molecule has 0 fully saturated rings. The molecule has 0 saturated heterocycles. The largest absolute Gasteiger partial charge is 0.481 e. The van der Waals surface area contributed by atoms with Gasteiger partial charge in [-0.15, -0.1) is 0 Å². The Morgan fingerprint density at radius 2 is 1.05 bits per heavy atom. The maximum atomic E-state index is 11.2. The van der Waals surface area contributed by atoms with Crippen LogP contribution in [-0.2, 0) is 4.79 Å². The lowest BCUT2D eigenvalue weighted by atomic mass is 9.94. The fraction of sp³-hybridized carbons (Fsp3) is 0.944. The highest BCUT2D eigenvalue weighted by atomic mass is 16.4. The number of rotatable bonds is 15. The van der Waals surface area contributed by atoms with Gasteiger partial charge in [0.15, 0.2) is 0 Å². The van der Waals surface area contributed by atoms with E-state index in [1.165, 1.54) is 64.2 Å². The van der Waals surface area contributed by atoms with E-state index >= 15 is 0 Å². The summed E-state index contributed by atoms with van der Waals surface area (Å²) in [4.78, 5) is 11.2. The number of carbonyl (C=O) groups is 1. The van der Waals surface area contributed by atoms with Crippen LogP contribution in [0.3, 0.4) is 0 Å². The summed E-state index contributed by atoms with van der Waals surface area (Å²) < 4.78 is 0. The van der Waals surface area contributed by atoms with E-state index in [0.717, 1.165) is 25.7 Å². The first-order chi connectivity index (χ1) is 9.72. The van der Waals surface area contributed by atoms with Crippen molar-refractivity contribution in [2.24, 2.45) is 5.92 Å². The van der Waals surface area contributed by atoms with Gasteiger partial charge in [-0.2, -0.15) is 0 Å². The van der Waals surface area contributed by atoms with Gasteiger partial charge in [0.1, 0.15) is 0 Å². The van der Waals surface area contributed by atoms with E-state index in [4.69, 9.17) is 0 Å². The quantitative estimate of drug-likeness (QED) is 0.364. The molecule has 120 valence electrons. The zero-order chi connectivity index (χ0) is 15.1. The Morgan fingerprint density at radius 3 is 1.50 bits per heavy atom. The van der Waals surface area contributed by atoms with Gasteiger partial charge in [0, 0.05) is 0 Å². The van der Waals surface area contributed by atoms with Crippen LogP contribution in [-0.4, -0.2) is 11.1 Å². The Bertz CT molecular complexity index is 213. The first-order valence-electron chi connectivity index (χ1n) is 8.95. The fourth-order valence-corrected chi connectivity index (χ4v) is 2.73. The summed E-state index contributed by atoms with van der Waals surface area (Å²) in [5, 5.41) is 9.20. The van der Waals surface area contributed by atoms with Gasteiger partial charge in [-0.05, 0) is 12.8 Å². The topological polar surface area (TPSA) is 37.3 Å². The third kappa shape index (κ3) is 12.5. The van der Waals surface area contributed by atoms with Gasteiger partial charge in [-0.25, -0.2) is 0 Å². The van der Waals surface area contributed by atoms with E-state index in [-0.39, 0.29) is 5.92 Å². The van der Waals surface area contributed by atoms with E-state index < -0.39 is 5.97 Å². The highest BCUT2D eigenvalue weighted by Crippen LogP contribution is 2.19. The average molecular weight is 284 g/mol. The van der Waals surface area contributed by atoms with Crippen molar-refractivity contribution in [2.75, 3.05) is 0 Å². The van der Waals surface area contributed by atoms with Crippen molar-refractivity contribution in [1.82, 2.24) is 0 Å². The van der Waals surface area contributed by atoms with Crippen molar-refractivity contribution in [2.45, 2.75) is 104 Å². The molecular weight excluding hydrogens is 248 g/mol. The van der Waals surface area contributed by atoms with Crippen molar-refractivity contribution < 1.29 is 9.90 Å². The maximum absolute atomic E-state index is 11.2. The lowest BCUT2D eigenvalue weighted by Crippen LogP contribution is -2.13. The Kier molecular flexibility index (Phi) is 14.5. The third-order valence-electron chi connectivity index (χ3n) is 4.16. The lowest BCUT2D eigenvalue weighted by molar-refractivity contribution is -0.142.